The molecule has 0 spiro atoms. The van der Waals surface area contributed by atoms with E-state index in [0.717, 1.165) is 18.7 Å². The topological polar surface area (TPSA) is 40.5 Å². The molecule has 1 heterocycles. The normalized spacial score (nSPS) is 15.0. The molecule has 2 aromatic carbocycles. The Morgan fingerprint density at radius 3 is 2.25 bits per heavy atom. The lowest BCUT2D eigenvalue weighted by molar-refractivity contribution is 0.111. The maximum absolute atomic E-state index is 13.7. The van der Waals surface area contributed by atoms with Gasteiger partial charge in [-0.3, -0.25) is 4.79 Å². The molecule has 124 valence electrons. The van der Waals surface area contributed by atoms with Gasteiger partial charge in [-0.15, -0.1) is 0 Å². The summed E-state index contributed by atoms with van der Waals surface area (Å²) >= 11 is 0. The first kappa shape index (κ1) is 16.2. The van der Waals surface area contributed by atoms with Gasteiger partial charge in [0.2, 0.25) is 0 Å². The van der Waals surface area contributed by atoms with Crippen LogP contribution in [-0.2, 0) is 0 Å². The van der Waals surface area contributed by atoms with Crippen LogP contribution in [0.15, 0.2) is 36.4 Å². The number of carbonyl (C=O) groups is 1. The van der Waals surface area contributed by atoms with E-state index in [4.69, 9.17) is 0 Å². The van der Waals surface area contributed by atoms with Crippen molar-refractivity contribution in [3.05, 3.63) is 58.9 Å². The zero-order valence-corrected chi connectivity index (χ0v) is 13.4. The van der Waals surface area contributed by atoms with Crippen molar-refractivity contribution in [2.75, 3.05) is 18.0 Å². The second-order valence-electron chi connectivity index (χ2n) is 6.03. The van der Waals surface area contributed by atoms with Gasteiger partial charge >= 0.3 is 0 Å². The second kappa shape index (κ2) is 7.30. The number of phenols is 1. The summed E-state index contributed by atoms with van der Waals surface area (Å²) < 4.78 is 13.7. The molecule has 24 heavy (non-hydrogen) atoms. The maximum Gasteiger partial charge on any atom is 0.156 e. The number of rotatable bonds is 4. The summed E-state index contributed by atoms with van der Waals surface area (Å²) in [5.41, 5.74) is 2.43. The van der Waals surface area contributed by atoms with Gasteiger partial charge in [0.25, 0.3) is 0 Å². The number of phenolic OH excluding ortho intramolecular Hbond substituents is 1. The highest BCUT2D eigenvalue weighted by Crippen LogP contribution is 2.23. The van der Waals surface area contributed by atoms with E-state index < -0.39 is 5.82 Å². The maximum atomic E-state index is 13.7. The van der Waals surface area contributed by atoms with Crippen molar-refractivity contribution in [3.63, 3.8) is 0 Å². The number of benzene rings is 2. The Kier molecular flexibility index (Phi) is 4.94. The lowest BCUT2D eigenvalue weighted by Gasteiger charge is -2.28. The third kappa shape index (κ3) is 3.65. The summed E-state index contributed by atoms with van der Waals surface area (Å²) in [4.78, 5) is 13.1. The Bertz CT molecular complexity index is 724. The molecule has 0 radical (unpaired) electrons. The van der Waals surface area contributed by atoms with Crippen LogP contribution in [0.1, 0.15) is 40.7 Å². The molecule has 0 unspecified atom stereocenters. The second-order valence-corrected chi connectivity index (χ2v) is 6.03. The van der Waals surface area contributed by atoms with Gasteiger partial charge in [-0.05, 0) is 54.7 Å². The lowest BCUT2D eigenvalue weighted by Crippen LogP contribution is -2.29. The van der Waals surface area contributed by atoms with Crippen LogP contribution < -0.4 is 4.90 Å². The minimum Gasteiger partial charge on any atom is -0.507 e. The fourth-order valence-electron chi connectivity index (χ4n) is 2.98. The largest absolute Gasteiger partial charge is 0.507 e. The van der Waals surface area contributed by atoms with Gasteiger partial charge in [0.1, 0.15) is 11.6 Å². The number of hydrogen-bond donors (Lipinski definition) is 1. The number of aromatic hydroxyl groups is 1. The first-order valence-corrected chi connectivity index (χ1v) is 8.18. The molecule has 0 aliphatic carbocycles. The average molecular weight is 325 g/mol. The summed E-state index contributed by atoms with van der Waals surface area (Å²) in [5.74, 6) is -1.06. The lowest BCUT2D eigenvalue weighted by atomic mass is 10.1. The summed E-state index contributed by atoms with van der Waals surface area (Å²) in [6.45, 7) is 2.22. The van der Waals surface area contributed by atoms with Gasteiger partial charge in [0, 0.05) is 18.8 Å². The Morgan fingerprint density at radius 1 is 0.958 bits per heavy atom. The summed E-state index contributed by atoms with van der Waals surface area (Å²) in [6.07, 6.45) is 7.68. The predicted octanol–water partition coefficient (Wildman–Crippen LogP) is 4.50. The fourth-order valence-corrected chi connectivity index (χ4v) is 2.98. The SMILES string of the molecule is O=Cc1c(O)cc(/C=C/c2ccc(N3CCCCC3)cc2)cc1F. The van der Waals surface area contributed by atoms with Crippen molar-refractivity contribution >= 4 is 24.1 Å². The average Bonchev–Trinajstić information content (AvgIpc) is 2.61. The summed E-state index contributed by atoms with van der Waals surface area (Å²) in [5, 5.41) is 9.64. The van der Waals surface area contributed by atoms with Crippen LogP contribution in [0.4, 0.5) is 10.1 Å². The van der Waals surface area contributed by atoms with Crippen molar-refractivity contribution in [2.45, 2.75) is 19.3 Å². The molecule has 0 aromatic heterocycles. The van der Waals surface area contributed by atoms with Gasteiger partial charge in [0.05, 0.1) is 5.56 Å². The van der Waals surface area contributed by atoms with Crippen molar-refractivity contribution < 1.29 is 14.3 Å². The number of halogens is 1. The number of anilines is 1. The quantitative estimate of drug-likeness (QED) is 0.664. The molecule has 1 saturated heterocycles. The zero-order valence-electron chi connectivity index (χ0n) is 13.4. The molecule has 1 fully saturated rings. The highest BCUT2D eigenvalue weighted by atomic mass is 19.1. The molecule has 0 atom stereocenters. The Hall–Kier alpha value is -2.62. The number of carbonyl (C=O) groups excluding carboxylic acids is 1. The Morgan fingerprint density at radius 2 is 1.62 bits per heavy atom. The summed E-state index contributed by atoms with van der Waals surface area (Å²) in [6, 6.07) is 10.9. The number of piperidine rings is 1. The molecule has 0 bridgehead atoms. The van der Waals surface area contributed by atoms with E-state index >= 15 is 0 Å². The molecule has 0 amide bonds. The molecule has 3 nitrogen and oxygen atoms in total. The monoisotopic (exact) mass is 325 g/mol. The predicted molar refractivity (Wildman–Crippen MR) is 94.9 cm³/mol. The van der Waals surface area contributed by atoms with E-state index in [9.17, 15) is 14.3 Å². The van der Waals surface area contributed by atoms with Crippen molar-refractivity contribution in [3.8, 4) is 5.75 Å². The van der Waals surface area contributed by atoms with Crippen LogP contribution in [0.5, 0.6) is 5.75 Å². The third-order valence-electron chi connectivity index (χ3n) is 4.33. The molecule has 2 aromatic rings. The third-order valence-corrected chi connectivity index (χ3v) is 4.33. The molecule has 0 saturated carbocycles. The van der Waals surface area contributed by atoms with E-state index in [-0.39, 0.29) is 11.3 Å². The fraction of sp³-hybridized carbons (Fsp3) is 0.250. The molecule has 4 heteroatoms. The van der Waals surface area contributed by atoms with Crippen LogP contribution in [0.3, 0.4) is 0 Å². The first-order chi connectivity index (χ1) is 11.7. The molecule has 1 aliphatic rings. The highest BCUT2D eigenvalue weighted by molar-refractivity contribution is 5.81. The van der Waals surface area contributed by atoms with Gasteiger partial charge in [-0.25, -0.2) is 4.39 Å². The van der Waals surface area contributed by atoms with Gasteiger partial charge in [-0.1, -0.05) is 24.3 Å². The van der Waals surface area contributed by atoms with E-state index in [2.05, 4.69) is 17.0 Å². The van der Waals surface area contributed by atoms with E-state index in [1.165, 1.54) is 37.1 Å². The van der Waals surface area contributed by atoms with Crippen LogP contribution in [0, 0.1) is 5.82 Å². The van der Waals surface area contributed by atoms with Gasteiger partial charge in [0.15, 0.2) is 6.29 Å². The zero-order chi connectivity index (χ0) is 16.9. The molecule has 1 aliphatic heterocycles. The van der Waals surface area contributed by atoms with Crippen molar-refractivity contribution in [2.24, 2.45) is 0 Å². The van der Waals surface area contributed by atoms with Crippen LogP contribution >= 0.6 is 0 Å². The minimum atomic E-state index is -0.718. The van der Waals surface area contributed by atoms with Crippen LogP contribution in [0.2, 0.25) is 0 Å². The Balaban J connectivity index is 1.73. The number of hydrogen-bond acceptors (Lipinski definition) is 3. The van der Waals surface area contributed by atoms with Gasteiger partial charge < -0.3 is 10.0 Å². The number of aldehydes is 1. The first-order valence-electron chi connectivity index (χ1n) is 8.18. The molecular formula is C20H20FNO2. The minimum absolute atomic E-state index is 0.307. The highest BCUT2D eigenvalue weighted by Gasteiger charge is 2.10. The van der Waals surface area contributed by atoms with E-state index in [0.29, 0.717) is 11.8 Å². The summed E-state index contributed by atoms with van der Waals surface area (Å²) in [7, 11) is 0. The smallest absolute Gasteiger partial charge is 0.156 e. The molecule has 1 N–H and O–H groups in total. The standard InChI is InChI=1S/C20H20FNO2/c21-19-12-16(13-20(24)18(19)14-23)5-4-15-6-8-17(9-7-15)22-10-2-1-3-11-22/h4-9,12-14,24H,1-3,10-11H2/b5-4+. The van der Waals surface area contributed by atoms with Gasteiger partial charge in [-0.2, -0.15) is 0 Å². The van der Waals surface area contributed by atoms with E-state index in [1.807, 2.05) is 18.2 Å². The Labute approximate surface area is 141 Å². The van der Waals surface area contributed by atoms with Crippen molar-refractivity contribution in [1.29, 1.82) is 0 Å². The molecular weight excluding hydrogens is 305 g/mol. The van der Waals surface area contributed by atoms with Crippen LogP contribution in [-0.4, -0.2) is 24.5 Å². The van der Waals surface area contributed by atoms with Crippen LogP contribution in [0.25, 0.3) is 12.2 Å². The van der Waals surface area contributed by atoms with E-state index in [1.54, 1.807) is 6.08 Å². The number of nitrogens with zero attached hydrogens (tertiary/aromatic N) is 1. The van der Waals surface area contributed by atoms with Crippen molar-refractivity contribution in [1.82, 2.24) is 0 Å². The molecule has 3 rings (SSSR count).